The SMILES string of the molecule is COc1ccc(NC(N)=NCCS(=O)(=O)c2ccccc2F)cc1. The zero-order valence-electron chi connectivity index (χ0n) is 13.1. The molecule has 0 aliphatic rings. The van der Waals surface area contributed by atoms with E-state index in [1.807, 2.05) is 0 Å². The molecule has 0 aromatic heterocycles. The standard InChI is InChI=1S/C16H18FN3O3S/c1-23-13-8-6-12(7-9-13)20-16(18)19-10-11-24(21,22)15-5-3-2-4-14(15)17/h2-9H,10-11H2,1H3,(H3,18,19,20). The number of nitrogens with two attached hydrogens (primary N) is 1. The third-order valence-electron chi connectivity index (χ3n) is 3.18. The van der Waals surface area contributed by atoms with Gasteiger partial charge in [0.2, 0.25) is 0 Å². The molecule has 0 spiro atoms. The van der Waals surface area contributed by atoms with Crippen LogP contribution in [0.4, 0.5) is 10.1 Å². The minimum atomic E-state index is -3.75. The Hall–Kier alpha value is -2.61. The van der Waals surface area contributed by atoms with Gasteiger partial charge in [-0.15, -0.1) is 0 Å². The number of aliphatic imine (C=N–C) groups is 1. The van der Waals surface area contributed by atoms with Crippen LogP contribution in [0.5, 0.6) is 5.75 Å². The minimum Gasteiger partial charge on any atom is -0.497 e. The summed E-state index contributed by atoms with van der Waals surface area (Å²) >= 11 is 0. The number of nitrogens with one attached hydrogen (secondary N) is 1. The number of ether oxygens (including phenoxy) is 1. The Labute approximate surface area is 140 Å². The van der Waals surface area contributed by atoms with E-state index in [-0.39, 0.29) is 23.2 Å². The molecule has 0 aliphatic heterocycles. The molecule has 3 N–H and O–H groups in total. The summed E-state index contributed by atoms with van der Waals surface area (Å²) in [7, 11) is -2.19. The molecular formula is C16H18FN3O3S. The van der Waals surface area contributed by atoms with Gasteiger partial charge in [-0.2, -0.15) is 0 Å². The van der Waals surface area contributed by atoms with E-state index in [1.54, 1.807) is 31.4 Å². The van der Waals surface area contributed by atoms with Crippen molar-refractivity contribution in [3.05, 3.63) is 54.3 Å². The fourth-order valence-corrected chi connectivity index (χ4v) is 3.16. The molecule has 0 aliphatic carbocycles. The van der Waals surface area contributed by atoms with E-state index in [1.165, 1.54) is 18.2 Å². The van der Waals surface area contributed by atoms with Gasteiger partial charge >= 0.3 is 0 Å². The number of anilines is 1. The summed E-state index contributed by atoms with van der Waals surface area (Å²) in [5, 5.41) is 2.83. The van der Waals surface area contributed by atoms with Gasteiger partial charge < -0.3 is 15.8 Å². The van der Waals surface area contributed by atoms with Crippen LogP contribution in [0.3, 0.4) is 0 Å². The van der Waals surface area contributed by atoms with Crippen molar-refractivity contribution in [2.45, 2.75) is 4.90 Å². The van der Waals surface area contributed by atoms with Crippen LogP contribution in [-0.2, 0) is 9.84 Å². The molecule has 2 aromatic rings. The monoisotopic (exact) mass is 351 g/mol. The van der Waals surface area contributed by atoms with Crippen molar-refractivity contribution in [1.29, 1.82) is 0 Å². The second kappa shape index (κ2) is 7.78. The number of hydrogen-bond acceptors (Lipinski definition) is 4. The van der Waals surface area contributed by atoms with E-state index >= 15 is 0 Å². The first-order valence-electron chi connectivity index (χ1n) is 7.10. The predicted octanol–water partition coefficient (Wildman–Crippen LogP) is 2.03. The van der Waals surface area contributed by atoms with Crippen LogP contribution in [0.25, 0.3) is 0 Å². The lowest BCUT2D eigenvalue weighted by Gasteiger charge is -2.07. The van der Waals surface area contributed by atoms with E-state index in [0.29, 0.717) is 11.4 Å². The number of guanidine groups is 1. The Morgan fingerprint density at radius 2 is 1.88 bits per heavy atom. The summed E-state index contributed by atoms with van der Waals surface area (Å²) in [5.74, 6) is -0.333. The van der Waals surface area contributed by atoms with E-state index in [0.717, 1.165) is 6.07 Å². The summed E-state index contributed by atoms with van der Waals surface area (Å²) in [6, 6.07) is 12.2. The Kier molecular flexibility index (Phi) is 5.75. The molecular weight excluding hydrogens is 333 g/mol. The molecule has 128 valence electrons. The van der Waals surface area contributed by atoms with Crippen molar-refractivity contribution < 1.29 is 17.5 Å². The van der Waals surface area contributed by atoms with Gasteiger partial charge in [-0.05, 0) is 36.4 Å². The van der Waals surface area contributed by atoms with Gasteiger partial charge in [-0.25, -0.2) is 12.8 Å². The average Bonchev–Trinajstić information content (AvgIpc) is 2.55. The van der Waals surface area contributed by atoms with Crippen LogP contribution in [0.2, 0.25) is 0 Å². The van der Waals surface area contributed by atoms with Crippen molar-refractivity contribution in [2.24, 2.45) is 10.7 Å². The van der Waals surface area contributed by atoms with Gasteiger partial charge in [0.05, 0.1) is 19.4 Å². The molecule has 0 saturated carbocycles. The molecule has 0 amide bonds. The summed E-state index contributed by atoms with van der Waals surface area (Å²) in [6.45, 7) is -0.0777. The lowest BCUT2D eigenvalue weighted by atomic mass is 10.3. The highest BCUT2D eigenvalue weighted by atomic mass is 32.2. The van der Waals surface area contributed by atoms with E-state index in [4.69, 9.17) is 10.5 Å². The normalized spacial score (nSPS) is 12.0. The average molecular weight is 351 g/mol. The lowest BCUT2D eigenvalue weighted by molar-refractivity contribution is 0.415. The third-order valence-corrected chi connectivity index (χ3v) is 4.90. The van der Waals surface area contributed by atoms with Crippen molar-refractivity contribution in [3.8, 4) is 5.75 Å². The maximum absolute atomic E-state index is 13.6. The van der Waals surface area contributed by atoms with Crippen LogP contribution < -0.4 is 15.8 Å². The number of nitrogens with zero attached hydrogens (tertiary/aromatic N) is 1. The molecule has 2 aromatic carbocycles. The number of rotatable bonds is 6. The topological polar surface area (TPSA) is 93.8 Å². The van der Waals surface area contributed by atoms with Crippen LogP contribution in [0.1, 0.15) is 0 Å². The number of methoxy groups -OCH3 is 1. The molecule has 6 nitrogen and oxygen atoms in total. The van der Waals surface area contributed by atoms with Crippen molar-refractivity contribution in [3.63, 3.8) is 0 Å². The van der Waals surface area contributed by atoms with Gasteiger partial charge in [0.25, 0.3) is 0 Å². The van der Waals surface area contributed by atoms with Gasteiger partial charge in [0.1, 0.15) is 16.5 Å². The molecule has 8 heteroatoms. The fraction of sp³-hybridized carbons (Fsp3) is 0.188. The summed E-state index contributed by atoms with van der Waals surface area (Å²) < 4.78 is 42.8. The first kappa shape index (κ1) is 17.7. The van der Waals surface area contributed by atoms with E-state index in [2.05, 4.69) is 10.3 Å². The number of halogens is 1. The van der Waals surface area contributed by atoms with Gasteiger partial charge in [-0.1, -0.05) is 12.1 Å². The maximum atomic E-state index is 13.6. The smallest absolute Gasteiger partial charge is 0.193 e. The van der Waals surface area contributed by atoms with Crippen LogP contribution >= 0.6 is 0 Å². The van der Waals surface area contributed by atoms with E-state index < -0.39 is 15.7 Å². The summed E-state index contributed by atoms with van der Waals surface area (Å²) in [4.78, 5) is 3.62. The molecule has 0 unspecified atom stereocenters. The maximum Gasteiger partial charge on any atom is 0.193 e. The molecule has 0 atom stereocenters. The quantitative estimate of drug-likeness (QED) is 0.613. The Morgan fingerprint density at radius 3 is 2.50 bits per heavy atom. The minimum absolute atomic E-state index is 0.0731. The molecule has 0 heterocycles. The van der Waals surface area contributed by atoms with Crippen LogP contribution in [-0.4, -0.2) is 33.8 Å². The van der Waals surface area contributed by atoms with Gasteiger partial charge in [-0.3, -0.25) is 4.99 Å². The lowest BCUT2D eigenvalue weighted by Crippen LogP contribution is -2.24. The number of sulfone groups is 1. The van der Waals surface area contributed by atoms with Crippen molar-refractivity contribution >= 4 is 21.5 Å². The van der Waals surface area contributed by atoms with E-state index in [9.17, 15) is 12.8 Å². The molecule has 0 saturated heterocycles. The summed E-state index contributed by atoms with van der Waals surface area (Å²) in [6.07, 6.45) is 0. The predicted molar refractivity (Wildman–Crippen MR) is 91.6 cm³/mol. The highest BCUT2D eigenvalue weighted by molar-refractivity contribution is 7.91. The molecule has 24 heavy (non-hydrogen) atoms. The van der Waals surface area contributed by atoms with Crippen LogP contribution in [0.15, 0.2) is 58.4 Å². The van der Waals surface area contributed by atoms with Gasteiger partial charge in [0, 0.05) is 5.69 Å². The Bertz CT molecular complexity index is 821. The molecule has 0 bridgehead atoms. The second-order valence-electron chi connectivity index (χ2n) is 4.87. The van der Waals surface area contributed by atoms with Crippen molar-refractivity contribution in [2.75, 3.05) is 24.7 Å². The highest BCUT2D eigenvalue weighted by Crippen LogP contribution is 2.16. The Morgan fingerprint density at radius 1 is 1.21 bits per heavy atom. The largest absolute Gasteiger partial charge is 0.497 e. The highest BCUT2D eigenvalue weighted by Gasteiger charge is 2.18. The zero-order valence-corrected chi connectivity index (χ0v) is 13.9. The number of benzene rings is 2. The first-order valence-corrected chi connectivity index (χ1v) is 8.76. The fourth-order valence-electron chi connectivity index (χ4n) is 1.95. The first-order chi connectivity index (χ1) is 11.4. The molecule has 0 fully saturated rings. The van der Waals surface area contributed by atoms with Crippen LogP contribution in [0, 0.1) is 5.82 Å². The summed E-state index contributed by atoms with van der Waals surface area (Å²) in [5.41, 5.74) is 6.40. The Balaban J connectivity index is 1.96. The molecule has 0 radical (unpaired) electrons. The zero-order chi connectivity index (χ0) is 17.6. The third kappa shape index (κ3) is 4.69. The second-order valence-corrected chi connectivity index (χ2v) is 6.95. The van der Waals surface area contributed by atoms with Crippen molar-refractivity contribution in [1.82, 2.24) is 0 Å². The van der Waals surface area contributed by atoms with Gasteiger partial charge in [0.15, 0.2) is 15.8 Å². The molecule has 2 rings (SSSR count). The number of hydrogen-bond donors (Lipinski definition) is 2.